The molecule has 0 fully saturated rings. The van der Waals surface area contributed by atoms with E-state index in [9.17, 15) is 0 Å². The lowest BCUT2D eigenvalue weighted by Crippen LogP contribution is -2.02. The number of thiophene rings is 1. The summed E-state index contributed by atoms with van der Waals surface area (Å²) in [6.07, 6.45) is 0. The normalized spacial score (nSPS) is 12.6. The molecular weight excluding hydrogens is 811 g/mol. The van der Waals surface area contributed by atoms with Crippen LogP contribution in [-0.4, -0.2) is 23.9 Å². The summed E-state index contributed by atoms with van der Waals surface area (Å²) in [5.74, 6) is 1.92. The lowest BCUT2D eigenvalue weighted by molar-refractivity contribution is 1.08. The summed E-state index contributed by atoms with van der Waals surface area (Å²) in [6, 6.07) is 68.2. The SMILES string of the molecule is c1ccc(-c2ccc(-c3nc(-c4ccc5ccccc5c4)nc(-c4ccc(-n5c6ccc7sc8ccc9c%10cccc%11c%12ccc5c5c6c7c8c9n(c%10%11)c%125)c5ccccc45)n3)cc2)cc1. The lowest BCUT2D eigenvalue weighted by atomic mass is 10.0. The molecule has 0 amide bonds. The van der Waals surface area contributed by atoms with E-state index in [0.29, 0.717) is 17.5 Å². The second kappa shape index (κ2) is 12.2. The summed E-state index contributed by atoms with van der Waals surface area (Å²) >= 11 is 1.91. The van der Waals surface area contributed by atoms with Crippen molar-refractivity contribution in [2.45, 2.75) is 0 Å². The molecule has 6 heteroatoms. The predicted molar refractivity (Wildman–Crippen MR) is 272 cm³/mol. The Morgan fingerprint density at radius 2 is 0.923 bits per heavy atom. The topological polar surface area (TPSA) is 48.0 Å². The van der Waals surface area contributed by atoms with Crippen LogP contribution in [0.3, 0.4) is 0 Å². The minimum atomic E-state index is 0.636. The van der Waals surface area contributed by atoms with Gasteiger partial charge in [0.25, 0.3) is 0 Å². The highest BCUT2D eigenvalue weighted by molar-refractivity contribution is 7.26. The Kier molecular flexibility index (Phi) is 6.38. The van der Waals surface area contributed by atoms with Crippen LogP contribution in [0.25, 0.3) is 153 Å². The Labute approximate surface area is 374 Å². The first-order chi connectivity index (χ1) is 32.2. The molecule has 5 nitrogen and oxygen atoms in total. The molecule has 298 valence electrons. The van der Waals surface area contributed by atoms with Crippen LogP contribution >= 0.6 is 11.3 Å². The van der Waals surface area contributed by atoms with E-state index >= 15 is 0 Å². The van der Waals surface area contributed by atoms with Crippen LogP contribution < -0.4 is 0 Å². The van der Waals surface area contributed by atoms with Crippen molar-refractivity contribution >= 4 is 113 Å². The summed E-state index contributed by atoms with van der Waals surface area (Å²) in [4.78, 5) is 15.8. The van der Waals surface area contributed by atoms with Crippen LogP contribution in [0.2, 0.25) is 0 Å². The van der Waals surface area contributed by atoms with Gasteiger partial charge in [-0.3, -0.25) is 0 Å². The maximum Gasteiger partial charge on any atom is 0.164 e. The molecule has 0 aliphatic heterocycles. The molecule has 0 aliphatic rings. The third kappa shape index (κ3) is 4.39. The van der Waals surface area contributed by atoms with Gasteiger partial charge in [0.05, 0.1) is 33.3 Å². The molecule has 0 aliphatic carbocycles. The zero-order chi connectivity index (χ0) is 42.1. The van der Waals surface area contributed by atoms with Gasteiger partial charge in [-0.25, -0.2) is 15.0 Å². The van der Waals surface area contributed by atoms with Crippen molar-refractivity contribution in [2.75, 3.05) is 0 Å². The third-order valence-electron chi connectivity index (χ3n) is 14.2. The predicted octanol–water partition coefficient (Wildman–Crippen LogP) is 15.8. The Balaban J connectivity index is 0.951. The summed E-state index contributed by atoms with van der Waals surface area (Å²) in [5, 5.41) is 15.2. The third-order valence-corrected chi connectivity index (χ3v) is 15.3. The van der Waals surface area contributed by atoms with E-state index in [1.165, 1.54) is 91.0 Å². The van der Waals surface area contributed by atoms with Gasteiger partial charge in [0, 0.05) is 74.6 Å². The van der Waals surface area contributed by atoms with Gasteiger partial charge >= 0.3 is 0 Å². The zero-order valence-electron chi connectivity index (χ0n) is 34.5. The van der Waals surface area contributed by atoms with Gasteiger partial charge < -0.3 is 8.97 Å². The fourth-order valence-corrected chi connectivity index (χ4v) is 12.5. The van der Waals surface area contributed by atoms with Crippen molar-refractivity contribution in [3.8, 4) is 51.0 Å². The van der Waals surface area contributed by atoms with Crippen molar-refractivity contribution < 1.29 is 0 Å². The summed E-state index contributed by atoms with van der Waals surface area (Å²) in [7, 11) is 0. The van der Waals surface area contributed by atoms with E-state index in [1.807, 2.05) is 17.4 Å². The molecule has 0 N–H and O–H groups in total. The molecule has 10 aromatic carbocycles. The molecule has 6 heterocycles. The summed E-state index contributed by atoms with van der Waals surface area (Å²) in [5.41, 5.74) is 12.7. The van der Waals surface area contributed by atoms with Gasteiger partial charge in [-0.05, 0) is 69.8 Å². The van der Waals surface area contributed by atoms with E-state index in [2.05, 4.69) is 191 Å². The van der Waals surface area contributed by atoms with Crippen LogP contribution in [0.15, 0.2) is 188 Å². The molecule has 0 saturated heterocycles. The average Bonchev–Trinajstić information content (AvgIpc) is 4.09. The number of hydrogen-bond donors (Lipinski definition) is 0. The number of benzene rings is 10. The van der Waals surface area contributed by atoms with Crippen LogP contribution in [0.4, 0.5) is 0 Å². The van der Waals surface area contributed by atoms with Gasteiger partial charge in [0.2, 0.25) is 0 Å². The number of rotatable bonds is 5. The lowest BCUT2D eigenvalue weighted by Gasteiger charge is -2.15. The van der Waals surface area contributed by atoms with Gasteiger partial charge in [0.1, 0.15) is 0 Å². The van der Waals surface area contributed by atoms with E-state index in [-0.39, 0.29) is 0 Å². The Hall–Kier alpha value is -8.45. The van der Waals surface area contributed by atoms with Crippen molar-refractivity contribution in [3.63, 3.8) is 0 Å². The monoisotopic (exact) mass is 841 g/mol. The molecule has 16 rings (SSSR count). The van der Waals surface area contributed by atoms with Crippen molar-refractivity contribution in [2.24, 2.45) is 0 Å². The first-order valence-electron chi connectivity index (χ1n) is 22.1. The van der Waals surface area contributed by atoms with Gasteiger partial charge in [-0.1, -0.05) is 146 Å². The second-order valence-electron chi connectivity index (χ2n) is 17.5. The van der Waals surface area contributed by atoms with Crippen LogP contribution in [0.5, 0.6) is 0 Å². The fraction of sp³-hybridized carbons (Fsp3) is 0. The first kappa shape index (κ1) is 34.1. The molecule has 0 spiro atoms. The number of nitrogens with zero attached hydrogens (tertiary/aromatic N) is 5. The highest BCUT2D eigenvalue weighted by Crippen LogP contribution is 2.53. The molecular formula is C59H31N5S. The van der Waals surface area contributed by atoms with Crippen molar-refractivity contribution in [3.05, 3.63) is 188 Å². The molecule has 0 atom stereocenters. The standard InChI is InChI=1S/C59H31N5S/c1-2-9-32(10-3-1)34-17-20-35(21-18-34)57-60-58(37-22-19-33-11-4-5-12-36(33)31-37)62-59(61-57)44-24-26-45(39-14-7-6-13-38(39)44)63-46-28-30-48-52-50(46)51-47(63)27-23-42-40-15-8-16-41-43-25-29-49(65-48)53(52)56(43)64(54(40)41)55(42)51/h1-31H. The molecule has 0 unspecified atom stereocenters. The summed E-state index contributed by atoms with van der Waals surface area (Å²) < 4.78 is 7.79. The van der Waals surface area contributed by atoms with E-state index in [4.69, 9.17) is 15.0 Å². The van der Waals surface area contributed by atoms with E-state index < -0.39 is 0 Å². The number of para-hydroxylation sites is 1. The highest BCUT2D eigenvalue weighted by Gasteiger charge is 2.29. The minimum Gasteiger partial charge on any atom is -0.309 e. The molecule has 16 aromatic rings. The molecule has 6 aromatic heterocycles. The summed E-state index contributed by atoms with van der Waals surface area (Å²) in [6.45, 7) is 0. The fourth-order valence-electron chi connectivity index (χ4n) is 11.4. The van der Waals surface area contributed by atoms with Crippen LogP contribution in [0, 0.1) is 0 Å². The maximum absolute atomic E-state index is 5.30. The molecule has 0 radical (unpaired) electrons. The minimum absolute atomic E-state index is 0.636. The van der Waals surface area contributed by atoms with Gasteiger partial charge in [-0.2, -0.15) is 0 Å². The maximum atomic E-state index is 5.30. The second-order valence-corrected chi connectivity index (χ2v) is 18.6. The smallest absolute Gasteiger partial charge is 0.164 e. The largest absolute Gasteiger partial charge is 0.309 e. The first-order valence-corrected chi connectivity index (χ1v) is 22.9. The van der Waals surface area contributed by atoms with E-state index in [0.717, 1.165) is 44.1 Å². The molecule has 65 heavy (non-hydrogen) atoms. The van der Waals surface area contributed by atoms with E-state index in [1.54, 1.807) is 0 Å². The Bertz CT molecular complexity index is 4580. The average molecular weight is 842 g/mol. The van der Waals surface area contributed by atoms with Crippen molar-refractivity contribution in [1.29, 1.82) is 0 Å². The van der Waals surface area contributed by atoms with Crippen LogP contribution in [-0.2, 0) is 0 Å². The van der Waals surface area contributed by atoms with Crippen molar-refractivity contribution in [1.82, 2.24) is 23.9 Å². The molecule has 0 bridgehead atoms. The number of hydrogen-bond acceptors (Lipinski definition) is 4. The Morgan fingerprint density at radius 3 is 1.77 bits per heavy atom. The van der Waals surface area contributed by atoms with Crippen LogP contribution in [0.1, 0.15) is 0 Å². The van der Waals surface area contributed by atoms with Gasteiger partial charge in [0.15, 0.2) is 17.5 Å². The number of fused-ring (bicyclic) bond motifs is 4. The Morgan fingerprint density at radius 1 is 0.338 bits per heavy atom. The highest BCUT2D eigenvalue weighted by atomic mass is 32.1. The zero-order valence-corrected chi connectivity index (χ0v) is 35.4. The molecule has 0 saturated carbocycles. The quantitative estimate of drug-likeness (QED) is 0.173. The van der Waals surface area contributed by atoms with Gasteiger partial charge in [-0.15, -0.1) is 11.3 Å². The number of aromatic nitrogens is 5.